The maximum atomic E-state index is 13.1. The zero-order valence-corrected chi connectivity index (χ0v) is 67.7. The molecule has 0 aliphatic carbocycles. The number of hydrogen-bond acceptors (Lipinski definition) is 15. The van der Waals surface area contributed by atoms with Crippen LogP contribution in [0.25, 0.3) is 0 Å². The average Bonchev–Trinajstić information content (AvgIpc) is 0.906. The number of carbonyl (C=O) groups is 4. The first-order valence-corrected chi connectivity index (χ1v) is 44.5. The lowest BCUT2D eigenvalue weighted by Crippen LogP contribution is -2.30. The summed E-state index contributed by atoms with van der Waals surface area (Å²) in [6.07, 6.45) is 82.3. The van der Waals surface area contributed by atoms with E-state index in [1.165, 1.54) is 128 Å². The molecule has 19 heteroatoms. The van der Waals surface area contributed by atoms with Gasteiger partial charge in [0.05, 0.1) is 26.4 Å². The van der Waals surface area contributed by atoms with Crippen LogP contribution in [0.3, 0.4) is 0 Å². The van der Waals surface area contributed by atoms with E-state index >= 15 is 0 Å². The van der Waals surface area contributed by atoms with Gasteiger partial charge in [0, 0.05) is 25.7 Å². The van der Waals surface area contributed by atoms with Gasteiger partial charge >= 0.3 is 39.5 Å². The van der Waals surface area contributed by atoms with Crippen LogP contribution in [0.15, 0.2) is 97.2 Å². The third kappa shape index (κ3) is 76.2. The molecular weight excluding hydrogens is 1350 g/mol. The molecule has 0 heterocycles. The molecule has 5 atom stereocenters. The van der Waals surface area contributed by atoms with Crippen molar-refractivity contribution in [3.05, 3.63) is 97.2 Å². The van der Waals surface area contributed by atoms with Crippen molar-refractivity contribution in [3.63, 3.8) is 0 Å². The largest absolute Gasteiger partial charge is 0.472 e. The minimum Gasteiger partial charge on any atom is -0.462 e. The number of hydrogen-bond donors (Lipinski definition) is 3. The molecule has 0 aromatic heterocycles. The molecule has 0 spiro atoms. The fourth-order valence-electron chi connectivity index (χ4n) is 11.3. The van der Waals surface area contributed by atoms with Crippen molar-refractivity contribution in [3.8, 4) is 0 Å². The molecule has 0 fully saturated rings. The molecule has 3 N–H and O–H groups in total. The number of rotatable bonds is 78. The molecule has 0 saturated heterocycles. The van der Waals surface area contributed by atoms with Gasteiger partial charge in [-0.2, -0.15) is 0 Å². The Labute approximate surface area is 633 Å². The number of phosphoric ester groups is 2. The van der Waals surface area contributed by atoms with Crippen molar-refractivity contribution in [1.82, 2.24) is 0 Å². The molecule has 0 amide bonds. The van der Waals surface area contributed by atoms with E-state index in [-0.39, 0.29) is 25.7 Å². The Morgan fingerprint density at radius 3 is 0.798 bits per heavy atom. The van der Waals surface area contributed by atoms with Gasteiger partial charge in [0.25, 0.3) is 0 Å². The van der Waals surface area contributed by atoms with E-state index in [9.17, 15) is 43.2 Å². The summed E-state index contributed by atoms with van der Waals surface area (Å²) < 4.78 is 68.7. The highest BCUT2D eigenvalue weighted by molar-refractivity contribution is 7.47. The fourth-order valence-corrected chi connectivity index (χ4v) is 12.8. The van der Waals surface area contributed by atoms with E-state index in [0.717, 1.165) is 154 Å². The summed E-state index contributed by atoms with van der Waals surface area (Å²) in [5.74, 6) is -2.20. The molecule has 0 rings (SSSR count). The van der Waals surface area contributed by atoms with E-state index in [4.69, 9.17) is 37.0 Å². The second-order valence-electron chi connectivity index (χ2n) is 27.7. The predicted molar refractivity (Wildman–Crippen MR) is 427 cm³/mol. The van der Waals surface area contributed by atoms with Crippen LogP contribution in [-0.4, -0.2) is 96.7 Å². The molecule has 0 bridgehead atoms. The van der Waals surface area contributed by atoms with Gasteiger partial charge in [-0.25, -0.2) is 9.13 Å². The van der Waals surface area contributed by atoms with Crippen LogP contribution in [0, 0.1) is 0 Å². The lowest BCUT2D eigenvalue weighted by atomic mass is 10.0. The third-order valence-electron chi connectivity index (χ3n) is 17.6. The first kappa shape index (κ1) is 100.0. The van der Waals surface area contributed by atoms with Crippen LogP contribution in [0.2, 0.25) is 0 Å². The summed E-state index contributed by atoms with van der Waals surface area (Å²) in [6.45, 7) is 4.74. The maximum absolute atomic E-state index is 13.1. The average molecular weight is 1510 g/mol. The number of phosphoric acid groups is 2. The predicted octanol–water partition coefficient (Wildman–Crippen LogP) is 24.3. The van der Waals surface area contributed by atoms with E-state index < -0.39 is 97.5 Å². The maximum Gasteiger partial charge on any atom is 0.472 e. The molecule has 5 unspecified atom stereocenters. The molecule has 0 aliphatic rings. The summed E-state index contributed by atoms with van der Waals surface area (Å²) in [7, 11) is -9.96. The molecule has 0 saturated carbocycles. The van der Waals surface area contributed by atoms with Crippen LogP contribution in [-0.2, 0) is 65.4 Å². The highest BCUT2D eigenvalue weighted by atomic mass is 31.2. The van der Waals surface area contributed by atoms with Gasteiger partial charge in [0.2, 0.25) is 0 Å². The normalized spacial score (nSPS) is 14.3. The SMILES string of the molecule is CC/C=C\C/C=C\C/C=C\C/C=C\C/C=C\CCCCCC(=O)OCC(COP(=O)(O)OCC(O)COP(=O)(O)OCC(COC(=O)CCCCCCCCCCCCCCC)OC(=O)CCCCCCCCCCCCCCC)OC(=O)CCCCCCCC/C=C\C/C=C\C/C=C\CCCCC. The number of ether oxygens (including phenoxy) is 4. The lowest BCUT2D eigenvalue weighted by Gasteiger charge is -2.21. The lowest BCUT2D eigenvalue weighted by molar-refractivity contribution is -0.161. The second-order valence-corrected chi connectivity index (χ2v) is 30.6. The van der Waals surface area contributed by atoms with Gasteiger partial charge in [0.1, 0.15) is 19.3 Å². The molecular formula is C85H150O17P2. The quantitative estimate of drug-likeness (QED) is 0.0169. The Balaban J connectivity index is 5.38. The Bertz CT molecular complexity index is 2350. The summed E-state index contributed by atoms with van der Waals surface area (Å²) >= 11 is 0. The molecule has 0 radical (unpaired) electrons. The minimum atomic E-state index is -4.99. The Kier molecular flexibility index (Phi) is 74.2. The van der Waals surface area contributed by atoms with Gasteiger partial charge in [-0.1, -0.05) is 324 Å². The first-order valence-electron chi connectivity index (χ1n) is 41.5. The van der Waals surface area contributed by atoms with E-state index in [0.29, 0.717) is 25.7 Å². The summed E-state index contributed by atoms with van der Waals surface area (Å²) in [5.41, 5.74) is 0. The smallest absolute Gasteiger partial charge is 0.462 e. The zero-order valence-electron chi connectivity index (χ0n) is 65.9. The summed E-state index contributed by atoms with van der Waals surface area (Å²) in [4.78, 5) is 73.1. The van der Waals surface area contributed by atoms with Crippen molar-refractivity contribution in [2.45, 2.75) is 380 Å². The highest BCUT2D eigenvalue weighted by Crippen LogP contribution is 2.45. The Morgan fingerprint density at radius 1 is 0.279 bits per heavy atom. The van der Waals surface area contributed by atoms with Gasteiger partial charge < -0.3 is 33.8 Å². The molecule has 17 nitrogen and oxygen atoms in total. The van der Waals surface area contributed by atoms with Crippen LogP contribution < -0.4 is 0 Å². The standard InChI is InChI=1S/C85H150O17P2/c1-5-9-13-17-21-25-29-33-35-37-39-41-43-47-50-54-58-62-66-70-83(88)96-76-81(102-85(90)72-68-64-60-56-52-48-44-42-40-38-36-34-30-26-22-18-14-10-6-2)78-100-104(93,94)98-74-79(86)73-97-103(91,92)99-77-80(101-84(89)71-67-63-59-55-51-46-32-28-24-20-16-12-8-4)75-95-82(87)69-65-61-57-53-49-45-31-27-23-19-15-11-7-3/h9,13,21-22,25-26,33-36,39-42,47,50,79-81,86H,5-8,10-12,14-20,23-24,27-32,37-38,43-46,48-49,51-78H2,1-4H3,(H,91,92)(H,93,94)/b13-9-,25-21-,26-22-,35-33-,36-34-,41-39-,42-40-,50-47-. The number of esters is 4. The van der Waals surface area contributed by atoms with E-state index in [1.54, 1.807) is 0 Å². The van der Waals surface area contributed by atoms with Crippen LogP contribution in [0.5, 0.6) is 0 Å². The van der Waals surface area contributed by atoms with Crippen molar-refractivity contribution < 1.29 is 80.2 Å². The molecule has 0 aromatic carbocycles. The Hall–Kier alpha value is -4.02. The van der Waals surface area contributed by atoms with E-state index in [2.05, 4.69) is 125 Å². The monoisotopic (exact) mass is 1510 g/mol. The number of allylic oxidation sites excluding steroid dienone is 16. The van der Waals surface area contributed by atoms with E-state index in [1.807, 2.05) is 0 Å². The molecule has 0 aromatic rings. The third-order valence-corrected chi connectivity index (χ3v) is 19.5. The minimum absolute atomic E-state index is 0.0729. The van der Waals surface area contributed by atoms with Crippen LogP contribution >= 0.6 is 15.6 Å². The molecule has 602 valence electrons. The second kappa shape index (κ2) is 77.1. The van der Waals surface area contributed by atoms with Crippen molar-refractivity contribution in [2.75, 3.05) is 39.6 Å². The van der Waals surface area contributed by atoms with Gasteiger partial charge in [0.15, 0.2) is 12.2 Å². The topological polar surface area (TPSA) is 237 Å². The van der Waals surface area contributed by atoms with Gasteiger partial charge in [-0.05, 0) is 109 Å². The Morgan fingerprint density at radius 2 is 0.500 bits per heavy atom. The molecule has 0 aliphatic heterocycles. The van der Waals surface area contributed by atoms with Crippen molar-refractivity contribution >= 4 is 39.5 Å². The fraction of sp³-hybridized carbons (Fsp3) is 0.765. The number of carbonyl (C=O) groups excluding carboxylic acids is 4. The summed E-state index contributed by atoms with van der Waals surface area (Å²) in [6, 6.07) is 0. The first-order chi connectivity index (χ1) is 50.7. The number of unbranched alkanes of at least 4 members (excludes halogenated alkanes) is 36. The van der Waals surface area contributed by atoms with Crippen molar-refractivity contribution in [1.29, 1.82) is 0 Å². The summed E-state index contributed by atoms with van der Waals surface area (Å²) in [5, 5.41) is 10.7. The van der Waals surface area contributed by atoms with Gasteiger partial charge in [-0.15, -0.1) is 0 Å². The zero-order chi connectivity index (χ0) is 76.0. The van der Waals surface area contributed by atoms with Crippen LogP contribution in [0.4, 0.5) is 0 Å². The number of aliphatic hydroxyl groups excluding tert-OH is 1. The number of aliphatic hydroxyl groups is 1. The van der Waals surface area contributed by atoms with Crippen LogP contribution in [0.1, 0.15) is 362 Å². The molecule has 104 heavy (non-hydrogen) atoms. The highest BCUT2D eigenvalue weighted by Gasteiger charge is 2.30. The van der Waals surface area contributed by atoms with Gasteiger partial charge in [-0.3, -0.25) is 37.3 Å². The van der Waals surface area contributed by atoms with Crippen molar-refractivity contribution in [2.24, 2.45) is 0 Å².